The number of hydrogen-bond acceptors (Lipinski definition) is 4. The first kappa shape index (κ1) is 19.5. The zero-order valence-corrected chi connectivity index (χ0v) is 17.0. The first-order chi connectivity index (χ1) is 15.7. The maximum atomic E-state index is 12.4. The summed E-state index contributed by atoms with van der Waals surface area (Å²) >= 11 is 0. The largest absolute Gasteiger partial charge is 0.455 e. The van der Waals surface area contributed by atoms with Gasteiger partial charge in [0, 0.05) is 28.5 Å². The van der Waals surface area contributed by atoms with Gasteiger partial charge in [0.05, 0.1) is 5.39 Å². The fourth-order valence-corrected chi connectivity index (χ4v) is 3.64. The number of benzene rings is 4. The Hall–Kier alpha value is -4.44. The second-order valence-electron chi connectivity index (χ2n) is 7.30. The minimum absolute atomic E-state index is 0.0131. The molecule has 0 unspecified atom stereocenters. The van der Waals surface area contributed by atoms with Crippen LogP contribution in [-0.2, 0) is 0 Å². The standard InChI is InChI=1S/C19H12O2.C9H6O2/c20-17-12-18(14-7-2-1-3-8-14)21-19-15-9-5-4-6-13(15)10-11-16(17)19;10-9-6-5-7-3-1-2-4-8(7)11-9/h1-12H;1-6H. The zero-order chi connectivity index (χ0) is 21.9. The Morgan fingerprint density at radius 3 is 2.06 bits per heavy atom. The molecule has 0 aliphatic carbocycles. The van der Waals surface area contributed by atoms with E-state index in [-0.39, 0.29) is 11.1 Å². The van der Waals surface area contributed by atoms with Crippen molar-refractivity contribution < 1.29 is 8.83 Å². The molecule has 6 aromatic rings. The predicted octanol–water partition coefficient (Wildman–Crippen LogP) is 6.41. The van der Waals surface area contributed by atoms with E-state index < -0.39 is 0 Å². The lowest BCUT2D eigenvalue weighted by Gasteiger charge is -2.06. The average Bonchev–Trinajstić information content (AvgIpc) is 2.85. The molecule has 32 heavy (non-hydrogen) atoms. The quantitative estimate of drug-likeness (QED) is 0.229. The van der Waals surface area contributed by atoms with Gasteiger partial charge in [-0.1, -0.05) is 78.9 Å². The van der Waals surface area contributed by atoms with E-state index in [0.717, 1.165) is 21.7 Å². The molecule has 0 aliphatic heterocycles. The molecule has 154 valence electrons. The molecule has 6 rings (SSSR count). The molecular formula is C28H18O4. The third-order valence-corrected chi connectivity index (χ3v) is 5.21. The van der Waals surface area contributed by atoms with Crippen molar-refractivity contribution in [1.29, 1.82) is 0 Å². The van der Waals surface area contributed by atoms with E-state index in [1.807, 2.05) is 84.9 Å². The van der Waals surface area contributed by atoms with Gasteiger partial charge in [-0.05, 0) is 23.6 Å². The first-order valence-corrected chi connectivity index (χ1v) is 10.2. The molecule has 0 saturated carbocycles. The molecule has 4 aromatic carbocycles. The topological polar surface area (TPSA) is 60.4 Å². The van der Waals surface area contributed by atoms with Gasteiger partial charge in [0.25, 0.3) is 0 Å². The highest BCUT2D eigenvalue weighted by Crippen LogP contribution is 2.27. The van der Waals surface area contributed by atoms with Gasteiger partial charge in [-0.2, -0.15) is 0 Å². The lowest BCUT2D eigenvalue weighted by atomic mass is 10.1. The van der Waals surface area contributed by atoms with Gasteiger partial charge >= 0.3 is 5.63 Å². The second kappa shape index (κ2) is 8.36. The van der Waals surface area contributed by atoms with Crippen molar-refractivity contribution in [3.05, 3.63) is 130 Å². The maximum Gasteiger partial charge on any atom is 0.336 e. The van der Waals surface area contributed by atoms with Crippen LogP contribution in [0.4, 0.5) is 0 Å². The molecule has 0 spiro atoms. The van der Waals surface area contributed by atoms with Crippen LogP contribution in [-0.4, -0.2) is 0 Å². The Labute approximate surface area is 183 Å². The van der Waals surface area contributed by atoms with Crippen molar-refractivity contribution in [3.63, 3.8) is 0 Å². The molecule has 0 saturated heterocycles. The summed E-state index contributed by atoms with van der Waals surface area (Å²) < 4.78 is 10.9. The van der Waals surface area contributed by atoms with E-state index in [1.165, 1.54) is 6.07 Å². The van der Waals surface area contributed by atoms with Crippen LogP contribution in [0.2, 0.25) is 0 Å². The Bertz CT molecular complexity index is 1660. The summed E-state index contributed by atoms with van der Waals surface area (Å²) in [5, 5.41) is 3.60. The highest BCUT2D eigenvalue weighted by Gasteiger charge is 2.09. The van der Waals surface area contributed by atoms with Crippen LogP contribution in [0.3, 0.4) is 0 Å². The predicted molar refractivity (Wildman–Crippen MR) is 128 cm³/mol. The van der Waals surface area contributed by atoms with E-state index in [2.05, 4.69) is 0 Å². The molecule has 0 N–H and O–H groups in total. The monoisotopic (exact) mass is 418 g/mol. The minimum atomic E-state index is -0.302. The number of para-hydroxylation sites is 1. The van der Waals surface area contributed by atoms with E-state index in [0.29, 0.717) is 22.3 Å². The van der Waals surface area contributed by atoms with E-state index >= 15 is 0 Å². The summed E-state index contributed by atoms with van der Waals surface area (Å²) in [5.74, 6) is 0.601. The van der Waals surface area contributed by atoms with Crippen molar-refractivity contribution in [2.24, 2.45) is 0 Å². The Morgan fingerprint density at radius 2 is 1.22 bits per heavy atom. The lowest BCUT2D eigenvalue weighted by molar-refractivity contribution is 0.561. The van der Waals surface area contributed by atoms with E-state index in [4.69, 9.17) is 8.83 Å². The molecule has 4 nitrogen and oxygen atoms in total. The summed E-state index contributed by atoms with van der Waals surface area (Å²) in [6.45, 7) is 0. The normalized spacial score (nSPS) is 10.8. The molecule has 0 bridgehead atoms. The van der Waals surface area contributed by atoms with Crippen LogP contribution < -0.4 is 11.1 Å². The fraction of sp³-hybridized carbons (Fsp3) is 0. The third kappa shape index (κ3) is 3.82. The van der Waals surface area contributed by atoms with Gasteiger partial charge in [0.15, 0.2) is 5.43 Å². The van der Waals surface area contributed by atoms with E-state index in [9.17, 15) is 9.59 Å². The second-order valence-corrected chi connectivity index (χ2v) is 7.30. The number of rotatable bonds is 1. The third-order valence-electron chi connectivity index (χ3n) is 5.21. The van der Waals surface area contributed by atoms with E-state index in [1.54, 1.807) is 18.2 Å². The highest BCUT2D eigenvalue weighted by atomic mass is 16.4. The molecule has 0 fully saturated rings. The van der Waals surface area contributed by atoms with Gasteiger partial charge in [-0.3, -0.25) is 4.79 Å². The molecule has 4 heteroatoms. The van der Waals surface area contributed by atoms with Gasteiger partial charge in [0.2, 0.25) is 0 Å². The van der Waals surface area contributed by atoms with Crippen molar-refractivity contribution in [2.75, 3.05) is 0 Å². The molecule has 2 heterocycles. The summed E-state index contributed by atoms with van der Waals surface area (Å²) in [6, 6.07) is 33.6. The van der Waals surface area contributed by atoms with Gasteiger partial charge in [-0.15, -0.1) is 0 Å². The van der Waals surface area contributed by atoms with Gasteiger partial charge in [0.1, 0.15) is 16.9 Å². The Kier molecular flexibility index (Phi) is 5.10. The first-order valence-electron chi connectivity index (χ1n) is 10.2. The summed E-state index contributed by atoms with van der Waals surface area (Å²) in [6.07, 6.45) is 0. The summed E-state index contributed by atoms with van der Waals surface area (Å²) in [4.78, 5) is 23.1. The molecule has 0 amide bonds. The minimum Gasteiger partial charge on any atom is -0.455 e. The molecule has 0 atom stereocenters. The van der Waals surface area contributed by atoms with Gasteiger partial charge in [-0.25, -0.2) is 4.79 Å². The summed E-state index contributed by atoms with van der Waals surface area (Å²) in [5.41, 5.74) is 1.88. The molecule has 0 aliphatic rings. The highest BCUT2D eigenvalue weighted by molar-refractivity contribution is 6.04. The molecule has 0 radical (unpaired) electrons. The van der Waals surface area contributed by atoms with Crippen LogP contribution in [0.25, 0.3) is 44.0 Å². The van der Waals surface area contributed by atoms with Crippen LogP contribution >= 0.6 is 0 Å². The van der Waals surface area contributed by atoms with Crippen LogP contribution in [0.1, 0.15) is 0 Å². The van der Waals surface area contributed by atoms with Crippen LogP contribution in [0, 0.1) is 0 Å². The summed E-state index contributed by atoms with van der Waals surface area (Å²) in [7, 11) is 0. The fourth-order valence-electron chi connectivity index (χ4n) is 3.64. The molecule has 2 aromatic heterocycles. The maximum absolute atomic E-state index is 12.4. The molecular weight excluding hydrogens is 400 g/mol. The van der Waals surface area contributed by atoms with Crippen molar-refractivity contribution in [3.8, 4) is 11.3 Å². The number of hydrogen-bond donors (Lipinski definition) is 0. The number of fused-ring (bicyclic) bond motifs is 4. The zero-order valence-electron chi connectivity index (χ0n) is 17.0. The average molecular weight is 418 g/mol. The van der Waals surface area contributed by atoms with Crippen molar-refractivity contribution >= 4 is 32.7 Å². The van der Waals surface area contributed by atoms with Gasteiger partial charge < -0.3 is 8.83 Å². The Balaban J connectivity index is 0.000000165. The van der Waals surface area contributed by atoms with Crippen LogP contribution in [0.15, 0.2) is 128 Å². The lowest BCUT2D eigenvalue weighted by Crippen LogP contribution is -2.00. The van der Waals surface area contributed by atoms with Crippen molar-refractivity contribution in [2.45, 2.75) is 0 Å². The SMILES string of the molecule is O=c1cc(-c2ccccc2)oc2c1ccc1ccccc12.O=c1ccc2ccccc2o1. The van der Waals surface area contributed by atoms with Crippen LogP contribution in [0.5, 0.6) is 0 Å². The van der Waals surface area contributed by atoms with Crippen molar-refractivity contribution in [1.82, 2.24) is 0 Å². The smallest absolute Gasteiger partial charge is 0.336 e. The Morgan fingerprint density at radius 1 is 0.531 bits per heavy atom.